The van der Waals surface area contributed by atoms with Crippen LogP contribution >= 0.6 is 0 Å². The number of phenolic OH excluding ortho intramolecular Hbond substituents is 1. The van der Waals surface area contributed by atoms with E-state index in [-0.39, 0.29) is 0 Å². The molecule has 148 valence electrons. The van der Waals surface area contributed by atoms with Crippen molar-refractivity contribution in [1.82, 2.24) is 5.01 Å². The molecule has 0 aliphatic carbocycles. The molecular formula is C22H29N5O. The zero-order valence-electron chi connectivity index (χ0n) is 16.7. The van der Waals surface area contributed by atoms with E-state index in [1.165, 1.54) is 17.1 Å². The summed E-state index contributed by atoms with van der Waals surface area (Å²) >= 11 is 0. The molecule has 0 radical (unpaired) electrons. The highest BCUT2D eigenvalue weighted by Crippen LogP contribution is 2.25. The Morgan fingerprint density at radius 2 is 1.36 bits per heavy atom. The number of phenols is 1. The largest absolute Gasteiger partial charge is 0.508 e. The Hall–Kier alpha value is -2.89. The number of hydrogen-bond donors (Lipinski definition) is 1. The molecule has 0 amide bonds. The summed E-state index contributed by atoms with van der Waals surface area (Å²) in [5, 5.41) is 16.1. The molecule has 1 saturated heterocycles. The van der Waals surface area contributed by atoms with Gasteiger partial charge in [0.2, 0.25) is 0 Å². The monoisotopic (exact) mass is 379 g/mol. The van der Waals surface area contributed by atoms with Crippen LogP contribution in [-0.2, 0) is 0 Å². The Kier molecular flexibility index (Phi) is 5.28. The van der Waals surface area contributed by atoms with Gasteiger partial charge in [0.15, 0.2) is 0 Å². The van der Waals surface area contributed by atoms with Crippen LogP contribution in [0.2, 0.25) is 0 Å². The van der Waals surface area contributed by atoms with Crippen molar-refractivity contribution in [1.29, 1.82) is 0 Å². The second kappa shape index (κ2) is 8.00. The molecule has 6 nitrogen and oxygen atoms in total. The van der Waals surface area contributed by atoms with Crippen LogP contribution in [0.5, 0.6) is 5.75 Å². The van der Waals surface area contributed by atoms with Gasteiger partial charge in [0.25, 0.3) is 0 Å². The highest BCUT2D eigenvalue weighted by molar-refractivity contribution is 5.80. The fourth-order valence-electron chi connectivity index (χ4n) is 3.71. The van der Waals surface area contributed by atoms with E-state index in [9.17, 15) is 5.11 Å². The predicted molar refractivity (Wildman–Crippen MR) is 116 cm³/mol. The molecule has 1 atom stereocenters. The normalized spacial score (nSPS) is 18.1. The zero-order valence-corrected chi connectivity index (χ0v) is 16.7. The number of hydrogen-bond acceptors (Lipinski definition) is 6. The second-order valence-electron chi connectivity index (χ2n) is 7.55. The summed E-state index contributed by atoms with van der Waals surface area (Å²) in [5.41, 5.74) is 3.62. The molecule has 2 aliphatic rings. The maximum absolute atomic E-state index is 9.46. The molecule has 2 aromatic carbocycles. The van der Waals surface area contributed by atoms with Gasteiger partial charge in [-0.05, 0) is 61.9 Å². The van der Waals surface area contributed by atoms with Crippen LogP contribution in [0, 0.1) is 0 Å². The van der Waals surface area contributed by atoms with Gasteiger partial charge in [-0.1, -0.05) is 6.92 Å². The summed E-state index contributed by atoms with van der Waals surface area (Å²) in [7, 11) is 0. The fourth-order valence-corrected chi connectivity index (χ4v) is 3.71. The van der Waals surface area contributed by atoms with Crippen LogP contribution in [-0.4, -0.2) is 55.3 Å². The van der Waals surface area contributed by atoms with Crippen molar-refractivity contribution in [3.05, 3.63) is 48.5 Å². The van der Waals surface area contributed by atoms with Crippen molar-refractivity contribution in [2.24, 2.45) is 5.10 Å². The summed E-state index contributed by atoms with van der Waals surface area (Å²) in [4.78, 5) is 7.00. The molecule has 2 aromatic rings. The first-order valence-electron chi connectivity index (χ1n) is 10.1. The smallest absolute Gasteiger partial charge is 0.117 e. The Bertz CT molecular complexity index is 797. The van der Waals surface area contributed by atoms with E-state index in [0.29, 0.717) is 11.8 Å². The van der Waals surface area contributed by atoms with Crippen LogP contribution < -0.4 is 14.7 Å². The first-order chi connectivity index (χ1) is 13.6. The number of hydrazone groups is 1. The van der Waals surface area contributed by atoms with E-state index in [4.69, 9.17) is 0 Å². The summed E-state index contributed by atoms with van der Waals surface area (Å²) in [6, 6.07) is 16.7. The van der Waals surface area contributed by atoms with E-state index in [1.54, 1.807) is 12.1 Å². The quantitative estimate of drug-likeness (QED) is 0.861. The minimum atomic E-state index is 0.317. The molecule has 1 unspecified atom stereocenters. The standard InChI is InChI=1S/C22H29N5O/c1-3-18(2)27-17-26(16-23-27)21-6-4-19(5-7-21)24-12-14-25(15-13-24)20-8-10-22(28)11-9-20/h4-11,16,18,28H,3,12-15,17H2,1-2H3. The molecule has 0 bridgehead atoms. The van der Waals surface area contributed by atoms with Crippen LogP contribution in [0.3, 0.4) is 0 Å². The number of rotatable bonds is 5. The second-order valence-corrected chi connectivity index (χ2v) is 7.55. The lowest BCUT2D eigenvalue weighted by atomic mass is 10.2. The molecule has 28 heavy (non-hydrogen) atoms. The van der Waals surface area contributed by atoms with E-state index in [2.05, 4.69) is 62.9 Å². The first kappa shape index (κ1) is 18.5. The van der Waals surface area contributed by atoms with Crippen molar-refractivity contribution in [2.45, 2.75) is 26.3 Å². The lowest BCUT2D eigenvalue weighted by molar-refractivity contribution is 0.237. The summed E-state index contributed by atoms with van der Waals surface area (Å²) in [6.45, 7) is 9.17. The lowest BCUT2D eigenvalue weighted by Crippen LogP contribution is -2.46. The van der Waals surface area contributed by atoms with Crippen molar-refractivity contribution < 1.29 is 5.11 Å². The van der Waals surface area contributed by atoms with Crippen molar-refractivity contribution in [3.63, 3.8) is 0 Å². The molecule has 2 heterocycles. The van der Waals surface area contributed by atoms with Gasteiger partial charge in [-0.3, -0.25) is 5.01 Å². The van der Waals surface area contributed by atoms with Gasteiger partial charge in [0.05, 0.1) is 0 Å². The molecule has 0 spiro atoms. The highest BCUT2D eigenvalue weighted by atomic mass is 16.3. The van der Waals surface area contributed by atoms with E-state index in [1.807, 2.05) is 18.5 Å². The van der Waals surface area contributed by atoms with Gasteiger partial charge in [0, 0.05) is 49.3 Å². The maximum atomic E-state index is 9.46. The minimum absolute atomic E-state index is 0.317. The third-order valence-electron chi connectivity index (χ3n) is 5.78. The van der Waals surface area contributed by atoms with E-state index >= 15 is 0 Å². The first-order valence-corrected chi connectivity index (χ1v) is 10.1. The van der Waals surface area contributed by atoms with E-state index in [0.717, 1.165) is 39.3 Å². The van der Waals surface area contributed by atoms with Gasteiger partial charge < -0.3 is 19.8 Å². The van der Waals surface area contributed by atoms with Gasteiger partial charge in [-0.25, -0.2) is 0 Å². The third kappa shape index (κ3) is 3.86. The van der Waals surface area contributed by atoms with Crippen molar-refractivity contribution >= 4 is 23.4 Å². The van der Waals surface area contributed by atoms with E-state index < -0.39 is 0 Å². The Morgan fingerprint density at radius 1 is 0.857 bits per heavy atom. The fraction of sp³-hybridized carbons (Fsp3) is 0.409. The molecule has 0 saturated carbocycles. The molecule has 1 fully saturated rings. The number of piperazine rings is 1. The van der Waals surface area contributed by atoms with Crippen LogP contribution in [0.1, 0.15) is 20.3 Å². The summed E-state index contributed by atoms with van der Waals surface area (Å²) in [6.07, 6.45) is 3.03. The third-order valence-corrected chi connectivity index (χ3v) is 5.78. The number of nitrogens with zero attached hydrogens (tertiary/aromatic N) is 5. The molecule has 1 N–H and O–H groups in total. The molecular weight excluding hydrogens is 350 g/mol. The molecule has 0 aromatic heterocycles. The predicted octanol–water partition coefficient (Wildman–Crippen LogP) is 3.54. The highest BCUT2D eigenvalue weighted by Gasteiger charge is 2.20. The van der Waals surface area contributed by atoms with Crippen LogP contribution in [0.4, 0.5) is 17.1 Å². The van der Waals surface area contributed by atoms with Crippen molar-refractivity contribution in [2.75, 3.05) is 47.5 Å². The van der Waals surface area contributed by atoms with Crippen LogP contribution in [0.15, 0.2) is 53.6 Å². The molecule has 2 aliphatic heterocycles. The van der Waals surface area contributed by atoms with Gasteiger partial charge >= 0.3 is 0 Å². The van der Waals surface area contributed by atoms with Gasteiger partial charge in [0.1, 0.15) is 18.8 Å². The molecule has 6 heteroatoms. The van der Waals surface area contributed by atoms with Gasteiger partial charge in [-0.15, -0.1) is 0 Å². The zero-order chi connectivity index (χ0) is 19.5. The number of aromatic hydroxyl groups is 1. The lowest BCUT2D eigenvalue weighted by Gasteiger charge is -2.37. The Balaban J connectivity index is 1.34. The van der Waals surface area contributed by atoms with Crippen LogP contribution in [0.25, 0.3) is 0 Å². The number of anilines is 3. The SMILES string of the molecule is CCC(C)N1CN(c2ccc(N3CCN(c4ccc(O)cc4)CC3)cc2)C=N1. The van der Waals surface area contributed by atoms with Crippen molar-refractivity contribution in [3.8, 4) is 5.75 Å². The Morgan fingerprint density at radius 3 is 1.89 bits per heavy atom. The topological polar surface area (TPSA) is 45.5 Å². The average Bonchev–Trinajstić information content (AvgIpc) is 3.24. The molecule has 4 rings (SSSR count). The maximum Gasteiger partial charge on any atom is 0.117 e. The summed E-state index contributed by atoms with van der Waals surface area (Å²) in [5.74, 6) is 0.317. The number of benzene rings is 2. The Labute approximate surface area is 167 Å². The summed E-state index contributed by atoms with van der Waals surface area (Å²) < 4.78 is 0. The minimum Gasteiger partial charge on any atom is -0.508 e. The van der Waals surface area contributed by atoms with Gasteiger partial charge in [-0.2, -0.15) is 5.10 Å². The average molecular weight is 380 g/mol.